The molecule has 1 unspecified atom stereocenters. The molecule has 7 nitrogen and oxygen atoms in total. The summed E-state index contributed by atoms with van der Waals surface area (Å²) in [4.78, 5) is 4.37. The van der Waals surface area contributed by atoms with E-state index in [-0.39, 0.29) is 5.60 Å². The summed E-state index contributed by atoms with van der Waals surface area (Å²) in [7, 11) is 0. The molecule has 0 amide bonds. The largest absolute Gasteiger partial charge is 0.487 e. The average molecular weight is 393 g/mol. The summed E-state index contributed by atoms with van der Waals surface area (Å²) in [6.45, 7) is 6.25. The molecule has 2 aromatic heterocycles. The van der Waals surface area contributed by atoms with Gasteiger partial charge in [-0.25, -0.2) is 9.50 Å². The van der Waals surface area contributed by atoms with Crippen molar-refractivity contribution in [1.29, 1.82) is 0 Å². The SMILES string of the molecule is CC1(C)Cc2cc(NC(O)c3cnn4cccnc34)c(C3CCNCC3)cc2O1. The first kappa shape index (κ1) is 18.4. The van der Waals surface area contributed by atoms with Gasteiger partial charge in [0, 0.05) is 30.1 Å². The number of ether oxygens (including phenoxy) is 1. The van der Waals surface area contributed by atoms with Crippen LogP contribution in [0.4, 0.5) is 5.69 Å². The van der Waals surface area contributed by atoms with Gasteiger partial charge >= 0.3 is 0 Å². The highest BCUT2D eigenvalue weighted by Gasteiger charge is 2.32. The highest BCUT2D eigenvalue weighted by molar-refractivity contribution is 5.62. The van der Waals surface area contributed by atoms with Crippen LogP contribution in [0.25, 0.3) is 5.65 Å². The van der Waals surface area contributed by atoms with Crippen LogP contribution < -0.4 is 15.4 Å². The number of aromatic nitrogens is 3. The van der Waals surface area contributed by atoms with Crippen LogP contribution in [0, 0.1) is 0 Å². The third kappa shape index (κ3) is 3.45. The van der Waals surface area contributed by atoms with Crippen molar-refractivity contribution in [3.05, 3.63) is 53.5 Å². The third-order valence-electron chi connectivity index (χ3n) is 5.91. The van der Waals surface area contributed by atoms with E-state index >= 15 is 0 Å². The van der Waals surface area contributed by atoms with Crippen molar-refractivity contribution >= 4 is 11.3 Å². The lowest BCUT2D eigenvalue weighted by Gasteiger charge is -2.27. The van der Waals surface area contributed by atoms with Gasteiger partial charge in [0.15, 0.2) is 11.9 Å². The van der Waals surface area contributed by atoms with Gasteiger partial charge in [-0.15, -0.1) is 0 Å². The normalized spacial score (nSPS) is 19.7. The maximum atomic E-state index is 11.0. The van der Waals surface area contributed by atoms with Crippen molar-refractivity contribution < 1.29 is 9.84 Å². The standard InChI is InChI=1S/C22H27N5O2/c1-22(2)12-15-10-18(16(11-19(15)29-22)14-4-7-23-8-5-14)26-21(28)17-13-25-27-9-3-6-24-20(17)27/h3,6,9-11,13-14,21,23,26,28H,4-5,7-8,12H2,1-2H3. The first-order valence-electron chi connectivity index (χ1n) is 10.3. The zero-order chi connectivity index (χ0) is 20.0. The Kier molecular flexibility index (Phi) is 4.44. The fourth-order valence-electron chi connectivity index (χ4n) is 4.53. The van der Waals surface area contributed by atoms with Gasteiger partial charge in [-0.05, 0) is 69.5 Å². The van der Waals surface area contributed by atoms with Crippen molar-refractivity contribution in [2.24, 2.45) is 0 Å². The molecule has 152 valence electrons. The number of anilines is 1. The number of hydrogen-bond donors (Lipinski definition) is 3. The maximum absolute atomic E-state index is 11.0. The topological polar surface area (TPSA) is 83.7 Å². The van der Waals surface area contributed by atoms with Crippen molar-refractivity contribution in [3.63, 3.8) is 0 Å². The Morgan fingerprint density at radius 3 is 2.97 bits per heavy atom. The number of hydrogen-bond acceptors (Lipinski definition) is 6. The molecule has 1 fully saturated rings. The van der Waals surface area contributed by atoms with Gasteiger partial charge in [-0.2, -0.15) is 5.10 Å². The molecule has 0 spiro atoms. The Morgan fingerprint density at radius 1 is 1.31 bits per heavy atom. The molecule has 7 heteroatoms. The summed E-state index contributed by atoms with van der Waals surface area (Å²) in [6, 6.07) is 6.16. The minimum Gasteiger partial charge on any atom is -0.487 e. The van der Waals surface area contributed by atoms with Gasteiger partial charge in [0.2, 0.25) is 0 Å². The van der Waals surface area contributed by atoms with Crippen LogP contribution in [-0.2, 0) is 6.42 Å². The molecule has 0 radical (unpaired) electrons. The summed E-state index contributed by atoms with van der Waals surface area (Å²) in [5.74, 6) is 1.41. The molecule has 3 N–H and O–H groups in total. The van der Waals surface area contributed by atoms with E-state index in [1.54, 1.807) is 16.9 Å². The predicted molar refractivity (Wildman–Crippen MR) is 111 cm³/mol. The Hall–Kier alpha value is -2.64. The summed E-state index contributed by atoms with van der Waals surface area (Å²) >= 11 is 0. The lowest BCUT2D eigenvalue weighted by Crippen LogP contribution is -2.27. The quantitative estimate of drug-likeness (QED) is 0.591. The van der Waals surface area contributed by atoms with E-state index in [0.717, 1.165) is 43.8 Å². The highest BCUT2D eigenvalue weighted by Crippen LogP contribution is 2.42. The fraction of sp³-hybridized carbons (Fsp3) is 0.455. The fourth-order valence-corrected chi connectivity index (χ4v) is 4.53. The summed E-state index contributed by atoms with van der Waals surface area (Å²) in [5.41, 5.74) is 4.49. The van der Waals surface area contributed by atoms with E-state index in [9.17, 15) is 5.11 Å². The third-order valence-corrected chi connectivity index (χ3v) is 5.91. The molecular formula is C22H27N5O2. The molecule has 5 rings (SSSR count). The van der Waals surface area contributed by atoms with Gasteiger partial charge in [-0.1, -0.05) is 0 Å². The molecule has 0 aliphatic carbocycles. The van der Waals surface area contributed by atoms with Gasteiger partial charge < -0.3 is 20.5 Å². The number of piperidine rings is 1. The minimum absolute atomic E-state index is 0.197. The Bertz CT molecular complexity index is 1040. The van der Waals surface area contributed by atoms with E-state index in [0.29, 0.717) is 17.1 Å². The van der Waals surface area contributed by atoms with E-state index in [4.69, 9.17) is 4.74 Å². The molecule has 1 atom stereocenters. The van der Waals surface area contributed by atoms with Crippen LogP contribution in [0.15, 0.2) is 36.8 Å². The molecule has 2 aliphatic rings. The second-order valence-electron chi connectivity index (χ2n) is 8.64. The lowest BCUT2D eigenvalue weighted by molar-refractivity contribution is 0.138. The monoisotopic (exact) mass is 393 g/mol. The first-order valence-corrected chi connectivity index (χ1v) is 10.3. The number of nitrogens with zero attached hydrogens (tertiary/aromatic N) is 3. The van der Waals surface area contributed by atoms with Crippen molar-refractivity contribution in [3.8, 4) is 5.75 Å². The Morgan fingerprint density at radius 2 is 2.14 bits per heavy atom. The zero-order valence-electron chi connectivity index (χ0n) is 16.9. The second-order valence-corrected chi connectivity index (χ2v) is 8.64. The summed E-state index contributed by atoms with van der Waals surface area (Å²) in [5, 5.41) is 22.1. The highest BCUT2D eigenvalue weighted by atomic mass is 16.5. The van der Waals surface area contributed by atoms with Crippen LogP contribution in [0.3, 0.4) is 0 Å². The van der Waals surface area contributed by atoms with Crippen molar-refractivity contribution in [2.45, 2.75) is 50.9 Å². The van der Waals surface area contributed by atoms with Gasteiger partial charge in [0.05, 0.1) is 11.8 Å². The lowest BCUT2D eigenvalue weighted by atomic mass is 9.87. The van der Waals surface area contributed by atoms with Crippen molar-refractivity contribution in [1.82, 2.24) is 19.9 Å². The molecule has 3 aromatic rings. The zero-order valence-corrected chi connectivity index (χ0v) is 16.9. The van der Waals surface area contributed by atoms with Crippen LogP contribution in [-0.4, -0.2) is 38.4 Å². The molecular weight excluding hydrogens is 366 g/mol. The van der Waals surface area contributed by atoms with E-state index in [1.165, 1.54) is 11.1 Å². The van der Waals surface area contributed by atoms with Crippen LogP contribution in [0.5, 0.6) is 5.75 Å². The number of aliphatic hydroxyl groups is 1. The van der Waals surface area contributed by atoms with Gasteiger partial charge in [-0.3, -0.25) is 0 Å². The molecule has 2 aliphatic heterocycles. The molecule has 0 saturated carbocycles. The summed E-state index contributed by atoms with van der Waals surface area (Å²) in [6.07, 6.45) is 7.32. The van der Waals surface area contributed by atoms with E-state index < -0.39 is 6.23 Å². The smallest absolute Gasteiger partial charge is 0.162 e. The van der Waals surface area contributed by atoms with Gasteiger partial charge in [0.1, 0.15) is 11.4 Å². The molecule has 1 saturated heterocycles. The summed E-state index contributed by atoms with van der Waals surface area (Å²) < 4.78 is 7.86. The van der Waals surface area contributed by atoms with Crippen LogP contribution in [0.1, 0.15) is 55.5 Å². The second kappa shape index (κ2) is 7.00. The number of aliphatic hydroxyl groups excluding tert-OH is 1. The number of fused-ring (bicyclic) bond motifs is 2. The average Bonchev–Trinajstić information content (AvgIpc) is 3.27. The number of nitrogens with one attached hydrogen (secondary N) is 2. The van der Waals surface area contributed by atoms with Gasteiger partial charge in [0.25, 0.3) is 0 Å². The van der Waals surface area contributed by atoms with Crippen molar-refractivity contribution in [2.75, 3.05) is 18.4 Å². The molecule has 1 aromatic carbocycles. The van der Waals surface area contributed by atoms with Crippen LogP contribution in [0.2, 0.25) is 0 Å². The first-order chi connectivity index (χ1) is 14.0. The number of benzene rings is 1. The van der Waals surface area contributed by atoms with Crippen LogP contribution >= 0.6 is 0 Å². The van der Waals surface area contributed by atoms with E-state index in [2.05, 4.69) is 46.7 Å². The molecule has 4 heterocycles. The maximum Gasteiger partial charge on any atom is 0.162 e. The predicted octanol–water partition coefficient (Wildman–Crippen LogP) is 3.01. The Balaban J connectivity index is 1.51. The molecule has 0 bridgehead atoms. The number of rotatable bonds is 4. The Labute approximate surface area is 170 Å². The molecule has 29 heavy (non-hydrogen) atoms. The minimum atomic E-state index is -0.892. The van der Waals surface area contributed by atoms with E-state index in [1.807, 2.05) is 12.3 Å².